The van der Waals surface area contributed by atoms with Crippen LogP contribution in [-0.2, 0) is 9.59 Å². The van der Waals surface area contributed by atoms with Crippen LogP contribution in [0.4, 0.5) is 0 Å². The number of nitrogens with two attached hydrogens (primary N) is 1. The zero-order valence-corrected chi connectivity index (χ0v) is 19.7. The molecule has 0 heterocycles. The maximum absolute atomic E-state index is 12.7. The third-order valence-corrected chi connectivity index (χ3v) is 5.73. The van der Waals surface area contributed by atoms with E-state index >= 15 is 0 Å². The van der Waals surface area contributed by atoms with Crippen LogP contribution in [0.2, 0.25) is 0 Å². The molecule has 0 aromatic carbocycles. The summed E-state index contributed by atoms with van der Waals surface area (Å²) < 4.78 is 0. The van der Waals surface area contributed by atoms with Crippen LogP contribution in [0.5, 0.6) is 0 Å². The van der Waals surface area contributed by atoms with E-state index < -0.39 is 0 Å². The molecule has 0 unspecified atom stereocenters. The molecule has 0 fully saturated rings. The molecule has 0 saturated carbocycles. The van der Waals surface area contributed by atoms with E-state index in [9.17, 15) is 9.59 Å². The van der Waals surface area contributed by atoms with Crippen LogP contribution in [0.1, 0.15) is 136 Å². The second-order valence-corrected chi connectivity index (χ2v) is 8.65. The molecular formula is C25H50N2O2. The maximum atomic E-state index is 12.7. The van der Waals surface area contributed by atoms with Crippen molar-refractivity contribution in [1.82, 2.24) is 4.90 Å². The van der Waals surface area contributed by atoms with Crippen molar-refractivity contribution in [1.29, 1.82) is 0 Å². The minimum atomic E-state index is -0.208. The lowest BCUT2D eigenvalue weighted by Gasteiger charge is -2.23. The summed E-state index contributed by atoms with van der Waals surface area (Å²) in [6.07, 6.45) is 21.5. The van der Waals surface area contributed by atoms with Crippen LogP contribution < -0.4 is 5.73 Å². The van der Waals surface area contributed by atoms with E-state index in [0.29, 0.717) is 18.7 Å². The zero-order valence-electron chi connectivity index (χ0n) is 19.7. The average Bonchev–Trinajstić information content (AvgIpc) is 2.70. The van der Waals surface area contributed by atoms with E-state index in [1.807, 2.05) is 0 Å². The lowest BCUT2D eigenvalue weighted by Crippen LogP contribution is -2.32. The topological polar surface area (TPSA) is 63.4 Å². The summed E-state index contributed by atoms with van der Waals surface area (Å²) in [4.78, 5) is 25.6. The van der Waals surface area contributed by atoms with Crippen LogP contribution in [0.15, 0.2) is 0 Å². The predicted octanol–water partition coefficient (Wildman–Crippen LogP) is 6.75. The molecular weight excluding hydrogens is 360 g/mol. The van der Waals surface area contributed by atoms with Gasteiger partial charge in [0, 0.05) is 25.9 Å². The summed E-state index contributed by atoms with van der Waals surface area (Å²) in [5, 5.41) is 0. The van der Waals surface area contributed by atoms with Crippen molar-refractivity contribution in [3.8, 4) is 0 Å². The van der Waals surface area contributed by atoms with Gasteiger partial charge in [-0.3, -0.25) is 9.59 Å². The Labute approximate surface area is 181 Å². The quantitative estimate of drug-likeness (QED) is 0.201. The highest BCUT2D eigenvalue weighted by Gasteiger charge is 2.12. The van der Waals surface area contributed by atoms with Crippen LogP contribution in [-0.4, -0.2) is 29.8 Å². The molecule has 4 heteroatoms. The van der Waals surface area contributed by atoms with Crippen LogP contribution in [0.25, 0.3) is 0 Å². The number of hydrogen-bond acceptors (Lipinski definition) is 2. The fraction of sp³-hybridized carbons (Fsp3) is 0.920. The molecule has 4 nitrogen and oxygen atoms in total. The van der Waals surface area contributed by atoms with E-state index in [1.165, 1.54) is 64.2 Å². The molecule has 172 valence electrons. The van der Waals surface area contributed by atoms with E-state index in [4.69, 9.17) is 5.73 Å². The second-order valence-electron chi connectivity index (χ2n) is 8.65. The summed E-state index contributed by atoms with van der Waals surface area (Å²) in [5.41, 5.74) is 5.16. The summed E-state index contributed by atoms with van der Waals surface area (Å²) >= 11 is 0. The van der Waals surface area contributed by atoms with Crippen LogP contribution >= 0.6 is 0 Å². The largest absolute Gasteiger partial charge is 0.370 e. The van der Waals surface area contributed by atoms with Crippen LogP contribution in [0, 0.1) is 0 Å². The van der Waals surface area contributed by atoms with Gasteiger partial charge < -0.3 is 10.6 Å². The molecule has 0 aromatic heterocycles. The molecule has 29 heavy (non-hydrogen) atoms. The Bertz CT molecular complexity index is 369. The smallest absolute Gasteiger partial charge is 0.222 e. The van der Waals surface area contributed by atoms with Gasteiger partial charge in [-0.05, 0) is 25.7 Å². The highest BCUT2D eigenvalue weighted by molar-refractivity contribution is 5.76. The fourth-order valence-electron chi connectivity index (χ4n) is 3.79. The van der Waals surface area contributed by atoms with Gasteiger partial charge >= 0.3 is 0 Å². The molecule has 0 aliphatic carbocycles. The monoisotopic (exact) mass is 410 g/mol. The van der Waals surface area contributed by atoms with Crippen molar-refractivity contribution in [2.75, 3.05) is 13.1 Å². The Kier molecular flexibility index (Phi) is 20.9. The minimum absolute atomic E-state index is 0.208. The number of hydrogen-bond donors (Lipinski definition) is 1. The molecule has 2 N–H and O–H groups in total. The number of primary amides is 1. The van der Waals surface area contributed by atoms with Gasteiger partial charge in [-0.15, -0.1) is 0 Å². The second kappa shape index (κ2) is 21.6. The number of nitrogens with zero attached hydrogens (tertiary/aromatic N) is 1. The standard InChI is InChI=1S/C25H50N2O2/c1-3-5-7-9-14-18-22-27(23-19-15-10-8-6-4-2)25(29)21-17-13-11-12-16-20-24(26)28/h3-23H2,1-2H3,(H2,26,28). The minimum Gasteiger partial charge on any atom is -0.370 e. The van der Waals surface area contributed by atoms with Crippen molar-refractivity contribution in [3.05, 3.63) is 0 Å². The van der Waals surface area contributed by atoms with Gasteiger partial charge in [-0.25, -0.2) is 0 Å². The molecule has 2 amide bonds. The SMILES string of the molecule is CCCCCCCCN(CCCCCCCC)C(=O)CCCCCCCC(N)=O. The van der Waals surface area contributed by atoms with E-state index in [0.717, 1.165) is 58.0 Å². The Morgan fingerprint density at radius 3 is 1.38 bits per heavy atom. The van der Waals surface area contributed by atoms with Crippen molar-refractivity contribution < 1.29 is 9.59 Å². The summed E-state index contributed by atoms with van der Waals surface area (Å²) in [6, 6.07) is 0. The molecule has 0 radical (unpaired) electrons. The molecule has 0 aliphatic rings. The number of carbonyl (C=O) groups excluding carboxylic acids is 2. The van der Waals surface area contributed by atoms with Gasteiger partial charge in [0.25, 0.3) is 0 Å². The number of carbonyl (C=O) groups is 2. The molecule has 0 rings (SSSR count). The Hall–Kier alpha value is -1.06. The Morgan fingerprint density at radius 2 is 0.931 bits per heavy atom. The van der Waals surface area contributed by atoms with Gasteiger partial charge in [0.15, 0.2) is 0 Å². The summed E-state index contributed by atoms with van der Waals surface area (Å²) in [7, 11) is 0. The van der Waals surface area contributed by atoms with Gasteiger partial charge in [-0.2, -0.15) is 0 Å². The predicted molar refractivity (Wildman–Crippen MR) is 125 cm³/mol. The van der Waals surface area contributed by atoms with Gasteiger partial charge in [0.1, 0.15) is 0 Å². The third kappa shape index (κ3) is 20.0. The molecule has 0 aromatic rings. The highest BCUT2D eigenvalue weighted by atomic mass is 16.2. The molecule has 0 saturated heterocycles. The van der Waals surface area contributed by atoms with Gasteiger partial charge in [0.2, 0.25) is 11.8 Å². The summed E-state index contributed by atoms with van der Waals surface area (Å²) in [5.74, 6) is 0.143. The highest BCUT2D eigenvalue weighted by Crippen LogP contribution is 2.12. The first-order valence-electron chi connectivity index (χ1n) is 12.7. The Balaban J connectivity index is 4.04. The maximum Gasteiger partial charge on any atom is 0.222 e. The molecule has 0 spiro atoms. The van der Waals surface area contributed by atoms with Crippen molar-refractivity contribution in [2.45, 2.75) is 136 Å². The van der Waals surface area contributed by atoms with Crippen molar-refractivity contribution in [2.24, 2.45) is 5.73 Å². The summed E-state index contributed by atoms with van der Waals surface area (Å²) in [6.45, 7) is 6.38. The van der Waals surface area contributed by atoms with E-state index in [-0.39, 0.29) is 5.91 Å². The third-order valence-electron chi connectivity index (χ3n) is 5.73. The fourth-order valence-corrected chi connectivity index (χ4v) is 3.79. The lowest BCUT2D eigenvalue weighted by molar-refractivity contribution is -0.131. The number of unbranched alkanes of at least 4 members (excludes halogenated alkanes) is 14. The normalized spacial score (nSPS) is 11.0. The van der Waals surface area contributed by atoms with Gasteiger partial charge in [-0.1, -0.05) is 97.3 Å². The molecule has 0 atom stereocenters. The van der Waals surface area contributed by atoms with Crippen molar-refractivity contribution >= 4 is 11.8 Å². The van der Waals surface area contributed by atoms with Crippen molar-refractivity contribution in [3.63, 3.8) is 0 Å². The first-order chi connectivity index (χ1) is 14.1. The number of amides is 2. The molecule has 0 aliphatic heterocycles. The van der Waals surface area contributed by atoms with E-state index in [1.54, 1.807) is 0 Å². The Morgan fingerprint density at radius 1 is 0.552 bits per heavy atom. The zero-order chi connectivity index (χ0) is 21.6. The average molecular weight is 411 g/mol. The number of rotatable bonds is 22. The first-order valence-corrected chi connectivity index (χ1v) is 12.7. The van der Waals surface area contributed by atoms with E-state index in [2.05, 4.69) is 18.7 Å². The molecule has 0 bridgehead atoms. The lowest BCUT2D eigenvalue weighted by atomic mass is 10.1. The van der Waals surface area contributed by atoms with Gasteiger partial charge in [0.05, 0.1) is 0 Å². The first kappa shape index (κ1) is 27.9. The van der Waals surface area contributed by atoms with Crippen LogP contribution in [0.3, 0.4) is 0 Å².